The van der Waals surface area contributed by atoms with Crippen molar-refractivity contribution >= 4 is 12.2 Å². The van der Waals surface area contributed by atoms with Crippen LogP contribution >= 0.6 is 0 Å². The first-order chi connectivity index (χ1) is 15.1. The summed E-state index contributed by atoms with van der Waals surface area (Å²) in [5.41, 5.74) is 2.32. The van der Waals surface area contributed by atoms with Crippen LogP contribution in [-0.2, 0) is 22.5 Å². The van der Waals surface area contributed by atoms with Crippen LogP contribution in [0.1, 0.15) is 44.5 Å². The Bertz CT molecular complexity index is 926. The van der Waals surface area contributed by atoms with E-state index in [9.17, 15) is 9.59 Å². The smallest absolute Gasteiger partial charge is 0.410 e. The first-order valence-electron chi connectivity index (χ1n) is 11.0. The number of carbonyl (C=O) groups excluding carboxylic acids is 2. The number of benzene rings is 1. The third-order valence-electron chi connectivity index (χ3n) is 5.34. The lowest BCUT2D eigenvalue weighted by atomic mass is 10.0. The molecule has 1 aliphatic heterocycles. The summed E-state index contributed by atoms with van der Waals surface area (Å²) in [6, 6.07) is 13.1. The van der Waals surface area contributed by atoms with Gasteiger partial charge in [-0.1, -0.05) is 30.3 Å². The molecule has 172 valence electrons. The highest BCUT2D eigenvalue weighted by Crippen LogP contribution is 2.23. The molecule has 7 heteroatoms. The quantitative estimate of drug-likeness (QED) is 0.697. The number of hydrogen-bond acceptors (Lipinski definition) is 5. The van der Waals surface area contributed by atoms with Crippen LogP contribution in [0.3, 0.4) is 0 Å². The van der Waals surface area contributed by atoms with Crippen LogP contribution in [0.2, 0.25) is 0 Å². The minimum absolute atomic E-state index is 0.190. The van der Waals surface area contributed by atoms with Gasteiger partial charge in [0.05, 0.1) is 12.1 Å². The van der Waals surface area contributed by atoms with Gasteiger partial charge in [0.2, 0.25) is 0 Å². The molecule has 0 unspecified atom stereocenters. The van der Waals surface area contributed by atoms with E-state index in [4.69, 9.17) is 9.47 Å². The zero-order chi connectivity index (χ0) is 23.3. The maximum Gasteiger partial charge on any atom is 0.410 e. The second-order valence-corrected chi connectivity index (χ2v) is 9.34. The number of aryl methyl sites for hydroxylation is 1. The van der Waals surface area contributed by atoms with E-state index in [1.165, 1.54) is 0 Å². The van der Waals surface area contributed by atoms with Crippen molar-refractivity contribution in [1.29, 1.82) is 0 Å². The van der Waals surface area contributed by atoms with Crippen molar-refractivity contribution in [2.45, 2.75) is 65.3 Å². The van der Waals surface area contributed by atoms with Gasteiger partial charge in [-0.05, 0) is 64.3 Å². The summed E-state index contributed by atoms with van der Waals surface area (Å²) in [6.45, 7) is 10.4. The highest BCUT2D eigenvalue weighted by Gasteiger charge is 2.39. The molecule has 1 fully saturated rings. The normalized spacial score (nSPS) is 18.9. The van der Waals surface area contributed by atoms with Crippen LogP contribution in [0.4, 0.5) is 9.59 Å². The van der Waals surface area contributed by atoms with Crippen LogP contribution in [0.25, 0.3) is 0 Å². The minimum atomic E-state index is -0.583. The number of hydrogen-bond donors (Lipinski definition) is 0. The number of piperazine rings is 1. The fourth-order valence-electron chi connectivity index (χ4n) is 3.82. The van der Waals surface area contributed by atoms with Gasteiger partial charge in [-0.25, -0.2) is 9.59 Å². The fraction of sp³-hybridized carbons (Fsp3) is 0.480. The molecule has 0 N–H and O–H groups in total. The molecule has 1 saturated heterocycles. The van der Waals surface area contributed by atoms with Crippen molar-refractivity contribution in [1.82, 2.24) is 14.8 Å². The second-order valence-electron chi connectivity index (χ2n) is 9.34. The van der Waals surface area contributed by atoms with Gasteiger partial charge in [-0.2, -0.15) is 0 Å². The van der Waals surface area contributed by atoms with Gasteiger partial charge in [-0.15, -0.1) is 0 Å². The predicted molar refractivity (Wildman–Crippen MR) is 122 cm³/mol. The van der Waals surface area contributed by atoms with Gasteiger partial charge in [0, 0.05) is 25.0 Å². The Morgan fingerprint density at radius 2 is 1.75 bits per heavy atom. The lowest BCUT2D eigenvalue weighted by Gasteiger charge is -2.44. The molecular weight excluding hydrogens is 406 g/mol. The van der Waals surface area contributed by atoms with E-state index in [-0.39, 0.29) is 30.9 Å². The molecule has 2 amide bonds. The van der Waals surface area contributed by atoms with E-state index >= 15 is 0 Å². The maximum atomic E-state index is 13.0. The van der Waals surface area contributed by atoms with E-state index in [1.54, 1.807) is 16.0 Å². The number of carbonyl (C=O) groups is 2. The first kappa shape index (κ1) is 23.6. The van der Waals surface area contributed by atoms with Crippen molar-refractivity contribution < 1.29 is 19.1 Å². The Morgan fingerprint density at radius 3 is 2.41 bits per heavy atom. The molecule has 1 aliphatic rings. The minimum Gasteiger partial charge on any atom is -0.445 e. The molecular formula is C25H33N3O4. The molecule has 7 nitrogen and oxygen atoms in total. The maximum absolute atomic E-state index is 13.0. The molecule has 2 aromatic rings. The molecule has 0 spiro atoms. The monoisotopic (exact) mass is 439 g/mol. The lowest BCUT2D eigenvalue weighted by molar-refractivity contribution is -0.0141. The van der Waals surface area contributed by atoms with Crippen LogP contribution < -0.4 is 0 Å². The summed E-state index contributed by atoms with van der Waals surface area (Å²) >= 11 is 0. The summed E-state index contributed by atoms with van der Waals surface area (Å²) < 4.78 is 11.2. The Hall–Kier alpha value is -3.09. The Morgan fingerprint density at radius 1 is 1.03 bits per heavy atom. The topological polar surface area (TPSA) is 72.0 Å². The first-order valence-corrected chi connectivity index (χ1v) is 11.0. The van der Waals surface area contributed by atoms with Gasteiger partial charge in [0.25, 0.3) is 0 Å². The summed E-state index contributed by atoms with van der Waals surface area (Å²) in [7, 11) is 0. The van der Waals surface area contributed by atoms with E-state index in [2.05, 4.69) is 4.98 Å². The number of pyridine rings is 1. The van der Waals surface area contributed by atoms with E-state index in [0.717, 1.165) is 16.8 Å². The Kier molecular flexibility index (Phi) is 7.38. The summed E-state index contributed by atoms with van der Waals surface area (Å²) in [5, 5.41) is 0. The average Bonchev–Trinajstić information content (AvgIpc) is 2.72. The van der Waals surface area contributed by atoms with Crippen molar-refractivity contribution in [3.63, 3.8) is 0 Å². The Balaban J connectivity index is 1.77. The van der Waals surface area contributed by atoms with Crippen molar-refractivity contribution in [3.05, 3.63) is 65.5 Å². The van der Waals surface area contributed by atoms with Gasteiger partial charge in [0.15, 0.2) is 0 Å². The van der Waals surface area contributed by atoms with Crippen LogP contribution in [0.5, 0.6) is 0 Å². The predicted octanol–water partition coefficient (Wildman–Crippen LogP) is 4.58. The highest BCUT2D eigenvalue weighted by atomic mass is 16.6. The molecule has 1 aromatic carbocycles. The number of rotatable bonds is 4. The van der Waals surface area contributed by atoms with E-state index < -0.39 is 5.60 Å². The second kappa shape index (κ2) is 10.0. The third kappa shape index (κ3) is 6.45. The SMILES string of the molecule is Cc1cc(C[C@@H]2CN(C(=O)OC(C)(C)C)[C@@H](C)CN2C(=O)OCc2ccccc2)ccn1. The summed E-state index contributed by atoms with van der Waals surface area (Å²) in [5.74, 6) is 0. The van der Waals surface area contributed by atoms with Crippen LogP contribution in [0, 0.1) is 6.92 Å². The number of nitrogens with zero attached hydrogens (tertiary/aromatic N) is 3. The highest BCUT2D eigenvalue weighted by molar-refractivity contribution is 5.71. The number of aromatic nitrogens is 1. The van der Waals surface area contributed by atoms with E-state index in [1.807, 2.05) is 77.1 Å². The zero-order valence-electron chi connectivity index (χ0n) is 19.6. The Labute approximate surface area is 190 Å². The number of ether oxygens (including phenoxy) is 2. The average molecular weight is 440 g/mol. The lowest BCUT2D eigenvalue weighted by Crippen LogP contribution is -2.61. The van der Waals surface area contributed by atoms with Crippen molar-refractivity contribution in [2.75, 3.05) is 13.1 Å². The third-order valence-corrected chi connectivity index (χ3v) is 5.34. The standard InChI is InChI=1S/C25H33N3O4/c1-18-13-21(11-12-26-18)14-22-16-27(24(30)32-25(3,4)5)19(2)15-28(22)23(29)31-17-20-9-7-6-8-10-20/h6-13,19,22H,14-17H2,1-5H3/t19-,22+/m0/s1. The molecule has 0 bridgehead atoms. The van der Waals surface area contributed by atoms with E-state index in [0.29, 0.717) is 19.5 Å². The summed E-state index contributed by atoms with van der Waals surface area (Å²) in [6.07, 6.45) is 1.62. The molecule has 0 saturated carbocycles. The molecule has 1 aromatic heterocycles. The molecule has 2 heterocycles. The van der Waals surface area contributed by atoms with Gasteiger partial charge in [0.1, 0.15) is 12.2 Å². The largest absolute Gasteiger partial charge is 0.445 e. The fourth-order valence-corrected chi connectivity index (χ4v) is 3.82. The molecule has 32 heavy (non-hydrogen) atoms. The van der Waals surface area contributed by atoms with Gasteiger partial charge < -0.3 is 19.3 Å². The van der Waals surface area contributed by atoms with Crippen molar-refractivity contribution in [2.24, 2.45) is 0 Å². The summed E-state index contributed by atoms with van der Waals surface area (Å²) in [4.78, 5) is 33.6. The van der Waals surface area contributed by atoms with Crippen molar-refractivity contribution in [3.8, 4) is 0 Å². The van der Waals surface area contributed by atoms with Crippen LogP contribution in [-0.4, -0.2) is 57.7 Å². The van der Waals surface area contributed by atoms with Gasteiger partial charge in [-0.3, -0.25) is 4.98 Å². The molecule has 3 rings (SSSR count). The zero-order valence-corrected chi connectivity index (χ0v) is 19.6. The molecule has 0 radical (unpaired) electrons. The molecule has 2 atom stereocenters. The van der Waals surface area contributed by atoms with Gasteiger partial charge >= 0.3 is 12.2 Å². The number of amides is 2. The molecule has 0 aliphatic carbocycles. The van der Waals surface area contributed by atoms with Crippen LogP contribution in [0.15, 0.2) is 48.7 Å².